The molecule has 0 aromatic carbocycles. The number of hydrogen-bond donors (Lipinski definition) is 1. The topological polar surface area (TPSA) is 35.6 Å². The molecule has 1 aliphatic carbocycles. The lowest BCUT2D eigenvalue weighted by Crippen LogP contribution is -2.47. The largest absolute Gasteiger partial charge is 0.337 e. The van der Waals surface area contributed by atoms with Crippen molar-refractivity contribution in [3.8, 4) is 0 Å². The predicted molar refractivity (Wildman–Crippen MR) is 80.6 cm³/mol. The quantitative estimate of drug-likeness (QED) is 0.799. The number of hydrogen-bond acceptors (Lipinski definition) is 3. The van der Waals surface area contributed by atoms with Crippen molar-refractivity contribution in [2.45, 2.75) is 51.0 Å². The van der Waals surface area contributed by atoms with Gasteiger partial charge in [0.25, 0.3) is 0 Å². The highest BCUT2D eigenvalue weighted by molar-refractivity contribution is 5.78. The van der Waals surface area contributed by atoms with Gasteiger partial charge in [0.2, 0.25) is 5.91 Å². The van der Waals surface area contributed by atoms with Gasteiger partial charge in [-0.3, -0.25) is 4.79 Å². The van der Waals surface area contributed by atoms with E-state index < -0.39 is 0 Å². The molecule has 1 unspecified atom stereocenters. The summed E-state index contributed by atoms with van der Waals surface area (Å²) >= 11 is 0. The van der Waals surface area contributed by atoms with Crippen LogP contribution in [0.3, 0.4) is 0 Å². The molecule has 114 valence electrons. The summed E-state index contributed by atoms with van der Waals surface area (Å²) in [7, 11) is 0. The summed E-state index contributed by atoms with van der Waals surface area (Å²) in [6.45, 7) is 6.14. The van der Waals surface area contributed by atoms with Crippen molar-refractivity contribution in [2.24, 2.45) is 5.92 Å². The Morgan fingerprint density at radius 2 is 1.80 bits per heavy atom. The number of nitrogens with zero attached hydrogens (tertiary/aromatic N) is 2. The molecule has 1 atom stereocenters. The second-order valence-corrected chi connectivity index (χ2v) is 6.82. The van der Waals surface area contributed by atoms with E-state index in [1.54, 1.807) is 0 Å². The SMILES string of the molecule is O=C(CNCC1CC1)N1CCCC1CN1CCCCC1. The highest BCUT2D eigenvalue weighted by atomic mass is 16.2. The minimum absolute atomic E-state index is 0.324. The Kier molecular flexibility index (Phi) is 4.94. The zero-order valence-corrected chi connectivity index (χ0v) is 12.6. The number of carbonyl (C=O) groups excluding carboxylic acids is 1. The first-order chi connectivity index (χ1) is 9.83. The van der Waals surface area contributed by atoms with Gasteiger partial charge in [-0.1, -0.05) is 6.42 Å². The van der Waals surface area contributed by atoms with Crippen LogP contribution in [0.1, 0.15) is 44.9 Å². The lowest BCUT2D eigenvalue weighted by atomic mass is 10.1. The van der Waals surface area contributed by atoms with Crippen LogP contribution in [0, 0.1) is 5.92 Å². The van der Waals surface area contributed by atoms with Crippen LogP contribution in [-0.2, 0) is 4.79 Å². The minimum atomic E-state index is 0.324. The molecule has 4 nitrogen and oxygen atoms in total. The predicted octanol–water partition coefficient (Wildman–Crippen LogP) is 1.46. The third-order valence-electron chi connectivity index (χ3n) is 5.02. The minimum Gasteiger partial charge on any atom is -0.337 e. The molecule has 0 aromatic rings. The third kappa shape index (κ3) is 3.95. The standard InChI is InChI=1S/C16H29N3O/c20-16(12-17-11-14-6-7-14)19-10-4-5-15(19)13-18-8-2-1-3-9-18/h14-15,17H,1-13H2. The summed E-state index contributed by atoms with van der Waals surface area (Å²) in [5.41, 5.74) is 0. The van der Waals surface area contributed by atoms with Crippen molar-refractivity contribution < 1.29 is 4.79 Å². The molecule has 2 heterocycles. The molecule has 2 saturated heterocycles. The van der Waals surface area contributed by atoms with Gasteiger partial charge in [-0.05, 0) is 64.1 Å². The van der Waals surface area contributed by atoms with E-state index in [2.05, 4.69) is 15.1 Å². The van der Waals surface area contributed by atoms with Gasteiger partial charge < -0.3 is 15.1 Å². The summed E-state index contributed by atoms with van der Waals surface area (Å²) in [5, 5.41) is 3.34. The van der Waals surface area contributed by atoms with Gasteiger partial charge in [-0.2, -0.15) is 0 Å². The van der Waals surface area contributed by atoms with Crippen LogP contribution in [0.2, 0.25) is 0 Å². The van der Waals surface area contributed by atoms with Crippen LogP contribution in [-0.4, -0.2) is 61.0 Å². The van der Waals surface area contributed by atoms with E-state index in [0.717, 1.165) is 25.6 Å². The fourth-order valence-electron chi connectivity index (χ4n) is 3.60. The van der Waals surface area contributed by atoms with Crippen molar-refractivity contribution in [1.82, 2.24) is 15.1 Å². The molecule has 2 aliphatic heterocycles. The summed E-state index contributed by atoms with van der Waals surface area (Å²) in [5.74, 6) is 1.18. The van der Waals surface area contributed by atoms with Crippen molar-refractivity contribution in [2.75, 3.05) is 39.3 Å². The average molecular weight is 279 g/mol. The van der Waals surface area contributed by atoms with E-state index in [0.29, 0.717) is 18.5 Å². The maximum Gasteiger partial charge on any atom is 0.236 e. The van der Waals surface area contributed by atoms with Gasteiger partial charge in [-0.15, -0.1) is 0 Å². The molecule has 3 fully saturated rings. The molecule has 3 aliphatic rings. The summed E-state index contributed by atoms with van der Waals surface area (Å²) in [6.07, 6.45) is 9.14. The van der Waals surface area contributed by atoms with Gasteiger partial charge >= 0.3 is 0 Å². The zero-order chi connectivity index (χ0) is 13.8. The van der Waals surface area contributed by atoms with Gasteiger partial charge in [0.05, 0.1) is 6.54 Å². The molecule has 20 heavy (non-hydrogen) atoms. The molecular formula is C16H29N3O. The molecule has 1 N–H and O–H groups in total. The molecule has 1 saturated carbocycles. The van der Waals surface area contributed by atoms with Crippen LogP contribution in [0.25, 0.3) is 0 Å². The Morgan fingerprint density at radius 1 is 1.00 bits per heavy atom. The molecular weight excluding hydrogens is 250 g/mol. The molecule has 0 bridgehead atoms. The van der Waals surface area contributed by atoms with Crippen LogP contribution in [0.4, 0.5) is 0 Å². The Bertz CT molecular complexity index is 324. The Balaban J connectivity index is 1.42. The first kappa shape index (κ1) is 14.3. The number of rotatable bonds is 6. The maximum absolute atomic E-state index is 12.3. The van der Waals surface area contributed by atoms with Crippen LogP contribution >= 0.6 is 0 Å². The van der Waals surface area contributed by atoms with Gasteiger partial charge in [0.15, 0.2) is 0 Å². The fourth-order valence-corrected chi connectivity index (χ4v) is 3.60. The van der Waals surface area contributed by atoms with Crippen LogP contribution in [0.15, 0.2) is 0 Å². The zero-order valence-electron chi connectivity index (χ0n) is 12.6. The highest BCUT2D eigenvalue weighted by Gasteiger charge is 2.30. The molecule has 4 heteroatoms. The summed E-state index contributed by atoms with van der Waals surface area (Å²) in [6, 6.07) is 0.475. The van der Waals surface area contributed by atoms with Crippen LogP contribution < -0.4 is 5.32 Å². The van der Waals surface area contributed by atoms with Crippen molar-refractivity contribution in [3.63, 3.8) is 0 Å². The number of nitrogens with one attached hydrogen (secondary N) is 1. The Morgan fingerprint density at radius 3 is 2.55 bits per heavy atom. The van der Waals surface area contributed by atoms with E-state index in [9.17, 15) is 4.79 Å². The van der Waals surface area contributed by atoms with Gasteiger partial charge in [-0.25, -0.2) is 0 Å². The van der Waals surface area contributed by atoms with E-state index in [1.807, 2.05) is 0 Å². The molecule has 0 spiro atoms. The number of carbonyl (C=O) groups is 1. The number of likely N-dealkylation sites (tertiary alicyclic amines) is 2. The second-order valence-electron chi connectivity index (χ2n) is 6.82. The first-order valence-electron chi connectivity index (χ1n) is 8.55. The van der Waals surface area contributed by atoms with E-state index >= 15 is 0 Å². The average Bonchev–Trinajstić information content (AvgIpc) is 3.17. The van der Waals surface area contributed by atoms with Crippen molar-refractivity contribution >= 4 is 5.91 Å². The van der Waals surface area contributed by atoms with Gasteiger partial charge in [0.1, 0.15) is 0 Å². The Hall–Kier alpha value is -0.610. The molecule has 0 aromatic heterocycles. The second kappa shape index (κ2) is 6.90. The lowest BCUT2D eigenvalue weighted by Gasteiger charge is -2.33. The summed E-state index contributed by atoms with van der Waals surface area (Å²) < 4.78 is 0. The van der Waals surface area contributed by atoms with E-state index in [-0.39, 0.29) is 0 Å². The number of piperidine rings is 1. The normalized spacial score (nSPS) is 28.0. The molecule has 1 amide bonds. The number of amides is 1. The van der Waals surface area contributed by atoms with Gasteiger partial charge in [0, 0.05) is 19.1 Å². The monoisotopic (exact) mass is 279 g/mol. The fraction of sp³-hybridized carbons (Fsp3) is 0.938. The van der Waals surface area contributed by atoms with Crippen molar-refractivity contribution in [3.05, 3.63) is 0 Å². The maximum atomic E-state index is 12.3. The summed E-state index contributed by atoms with van der Waals surface area (Å²) in [4.78, 5) is 17.1. The highest BCUT2D eigenvalue weighted by Crippen LogP contribution is 2.27. The molecule has 0 radical (unpaired) electrons. The first-order valence-corrected chi connectivity index (χ1v) is 8.55. The van der Waals surface area contributed by atoms with E-state index in [1.165, 1.54) is 58.0 Å². The third-order valence-corrected chi connectivity index (χ3v) is 5.02. The van der Waals surface area contributed by atoms with Crippen molar-refractivity contribution in [1.29, 1.82) is 0 Å². The Labute approximate surface area is 122 Å². The lowest BCUT2D eigenvalue weighted by molar-refractivity contribution is -0.131. The van der Waals surface area contributed by atoms with E-state index in [4.69, 9.17) is 0 Å². The smallest absolute Gasteiger partial charge is 0.236 e. The van der Waals surface area contributed by atoms with Crippen LogP contribution in [0.5, 0.6) is 0 Å². The molecule has 3 rings (SSSR count).